The minimum atomic E-state index is -2.03. The smallest absolute Gasteiger partial charge is 0.373 e. The molecule has 1 saturated heterocycles. The first kappa shape index (κ1) is 21.2. The summed E-state index contributed by atoms with van der Waals surface area (Å²) in [7, 11) is 0. The maximum atomic E-state index is 11.8. The quantitative estimate of drug-likeness (QED) is 0.233. The van der Waals surface area contributed by atoms with Crippen LogP contribution in [0.15, 0.2) is 37.6 Å². The van der Waals surface area contributed by atoms with Crippen molar-refractivity contribution >= 4 is 5.97 Å². The number of nitrogens with one attached hydrogen (secondary N) is 3. The molecule has 1 aliphatic heterocycles. The summed E-state index contributed by atoms with van der Waals surface area (Å²) in [5, 5.41) is 29.5. The maximum absolute atomic E-state index is 11.8. The van der Waals surface area contributed by atoms with E-state index in [2.05, 4.69) is 4.98 Å². The normalized spacial score (nSPS) is 24.5. The molecular weight excluding hydrogens is 412 g/mol. The zero-order valence-corrected chi connectivity index (χ0v) is 14.9. The first-order chi connectivity index (χ1) is 14.2. The molecule has 1 fully saturated rings. The number of carboxylic acids is 1. The van der Waals surface area contributed by atoms with E-state index in [-0.39, 0.29) is 0 Å². The molecule has 15 heteroatoms. The standard InChI is InChI=1S/C15H16N4O11/c20-7-1-2-19(15(27)17-7)11-9(22)8(21)6(29-11)4-28-13(12(24)25)30-5-3-16-14(26)18-10(5)23/h1-3,6,8-9,11,13,21-22H,4H2,(H,24,25)(H,17,20,27)(H2,16,18,23,26)/t6-,8-,9-,11-,13?/m1/s1. The van der Waals surface area contributed by atoms with Crippen molar-refractivity contribution in [3.63, 3.8) is 0 Å². The Bertz CT molecular complexity index is 1150. The van der Waals surface area contributed by atoms with Crippen LogP contribution in [0.3, 0.4) is 0 Å². The maximum Gasteiger partial charge on any atom is 0.373 e. The van der Waals surface area contributed by atoms with Gasteiger partial charge in [0.25, 0.3) is 17.4 Å². The number of aliphatic hydroxyl groups is 2. The minimum Gasteiger partial charge on any atom is -0.477 e. The molecule has 1 unspecified atom stereocenters. The van der Waals surface area contributed by atoms with E-state index in [0.717, 1.165) is 23.0 Å². The molecule has 0 radical (unpaired) electrons. The Morgan fingerprint density at radius 2 is 1.93 bits per heavy atom. The average molecular weight is 428 g/mol. The van der Waals surface area contributed by atoms with Gasteiger partial charge >= 0.3 is 17.3 Å². The molecule has 2 aromatic rings. The van der Waals surface area contributed by atoms with Gasteiger partial charge in [-0.2, -0.15) is 0 Å². The first-order valence-corrected chi connectivity index (χ1v) is 8.33. The molecule has 0 aliphatic carbocycles. The predicted octanol–water partition coefficient (Wildman–Crippen LogP) is -3.96. The highest BCUT2D eigenvalue weighted by molar-refractivity contribution is 5.71. The van der Waals surface area contributed by atoms with Gasteiger partial charge < -0.3 is 34.5 Å². The van der Waals surface area contributed by atoms with E-state index in [9.17, 15) is 39.3 Å². The van der Waals surface area contributed by atoms with Crippen LogP contribution in [0.2, 0.25) is 0 Å². The number of nitrogens with zero attached hydrogens (tertiary/aromatic N) is 1. The Hall–Kier alpha value is -3.53. The summed E-state index contributed by atoms with van der Waals surface area (Å²) in [6, 6.07) is 1.00. The molecule has 30 heavy (non-hydrogen) atoms. The number of aromatic amines is 3. The lowest BCUT2D eigenvalue weighted by Gasteiger charge is -2.19. The third-order valence-electron chi connectivity index (χ3n) is 4.10. The number of carbonyl (C=O) groups is 1. The van der Waals surface area contributed by atoms with Crippen molar-refractivity contribution in [1.82, 2.24) is 19.5 Å². The Morgan fingerprint density at radius 1 is 1.20 bits per heavy atom. The fourth-order valence-electron chi connectivity index (χ4n) is 2.66. The molecule has 0 saturated carbocycles. The monoisotopic (exact) mass is 428 g/mol. The van der Waals surface area contributed by atoms with Crippen LogP contribution >= 0.6 is 0 Å². The van der Waals surface area contributed by atoms with Crippen LogP contribution in [-0.4, -0.2) is 72.0 Å². The van der Waals surface area contributed by atoms with Gasteiger partial charge in [-0.15, -0.1) is 0 Å². The van der Waals surface area contributed by atoms with Gasteiger partial charge in [0.2, 0.25) is 5.75 Å². The molecule has 5 atom stereocenters. The summed E-state index contributed by atoms with van der Waals surface area (Å²) in [4.78, 5) is 62.8. The van der Waals surface area contributed by atoms with Crippen molar-refractivity contribution in [3.8, 4) is 5.75 Å². The molecule has 15 nitrogen and oxygen atoms in total. The number of aliphatic carboxylic acids is 1. The summed E-state index contributed by atoms with van der Waals surface area (Å²) < 4.78 is 16.1. The van der Waals surface area contributed by atoms with Crippen molar-refractivity contribution in [2.24, 2.45) is 0 Å². The third kappa shape index (κ3) is 4.38. The molecule has 2 aromatic heterocycles. The largest absolute Gasteiger partial charge is 0.477 e. The highest BCUT2D eigenvalue weighted by atomic mass is 16.7. The van der Waals surface area contributed by atoms with E-state index in [1.165, 1.54) is 0 Å². The van der Waals surface area contributed by atoms with E-state index in [1.54, 1.807) is 0 Å². The number of ether oxygens (including phenoxy) is 3. The lowest BCUT2D eigenvalue weighted by Crippen LogP contribution is -2.39. The van der Waals surface area contributed by atoms with Crippen LogP contribution in [0.5, 0.6) is 5.75 Å². The van der Waals surface area contributed by atoms with Crippen LogP contribution in [-0.2, 0) is 14.3 Å². The minimum absolute atomic E-state index is 0.549. The molecule has 0 amide bonds. The highest BCUT2D eigenvalue weighted by Gasteiger charge is 2.44. The van der Waals surface area contributed by atoms with Gasteiger partial charge in [0.15, 0.2) is 6.23 Å². The van der Waals surface area contributed by atoms with Gasteiger partial charge in [-0.05, 0) is 0 Å². The third-order valence-corrected chi connectivity index (χ3v) is 4.10. The second-order valence-corrected chi connectivity index (χ2v) is 6.12. The van der Waals surface area contributed by atoms with Crippen molar-refractivity contribution in [3.05, 3.63) is 60.1 Å². The van der Waals surface area contributed by atoms with Crippen LogP contribution in [0.25, 0.3) is 0 Å². The van der Waals surface area contributed by atoms with Crippen LogP contribution in [0.4, 0.5) is 0 Å². The lowest BCUT2D eigenvalue weighted by atomic mass is 10.1. The topological polar surface area (TPSA) is 226 Å². The van der Waals surface area contributed by atoms with Gasteiger partial charge in [-0.1, -0.05) is 0 Å². The highest BCUT2D eigenvalue weighted by Crippen LogP contribution is 2.28. The van der Waals surface area contributed by atoms with Gasteiger partial charge in [-0.3, -0.25) is 24.1 Å². The van der Waals surface area contributed by atoms with E-state index in [1.807, 2.05) is 9.97 Å². The molecule has 6 N–H and O–H groups in total. The number of aromatic nitrogens is 4. The fourth-order valence-corrected chi connectivity index (χ4v) is 2.66. The Kier molecular flexibility index (Phi) is 5.97. The Balaban J connectivity index is 1.70. The van der Waals surface area contributed by atoms with Gasteiger partial charge in [-0.25, -0.2) is 14.4 Å². The number of aliphatic hydroxyl groups excluding tert-OH is 2. The molecule has 3 rings (SSSR count). The summed E-state index contributed by atoms with van der Waals surface area (Å²) in [5.41, 5.74) is -3.41. The van der Waals surface area contributed by atoms with E-state index < -0.39 is 71.7 Å². The molecule has 3 heterocycles. The number of hydrogen-bond donors (Lipinski definition) is 6. The van der Waals surface area contributed by atoms with Crippen LogP contribution in [0, 0.1) is 0 Å². The summed E-state index contributed by atoms with van der Waals surface area (Å²) in [6.07, 6.45) is -6.00. The molecule has 0 spiro atoms. The van der Waals surface area contributed by atoms with Gasteiger partial charge in [0, 0.05) is 12.3 Å². The van der Waals surface area contributed by atoms with E-state index in [0.29, 0.717) is 0 Å². The van der Waals surface area contributed by atoms with Crippen LogP contribution in [0.1, 0.15) is 6.23 Å². The Labute approximate surface area is 164 Å². The summed E-state index contributed by atoms with van der Waals surface area (Å²) >= 11 is 0. The summed E-state index contributed by atoms with van der Waals surface area (Å²) in [5.74, 6) is -2.19. The van der Waals surface area contributed by atoms with Crippen LogP contribution < -0.4 is 27.2 Å². The zero-order chi connectivity index (χ0) is 22.0. The number of carboxylic acid groups (broad SMARTS) is 1. The lowest BCUT2D eigenvalue weighted by molar-refractivity contribution is -0.179. The van der Waals surface area contributed by atoms with Gasteiger partial charge in [0.1, 0.15) is 18.3 Å². The molecule has 1 aliphatic rings. The first-order valence-electron chi connectivity index (χ1n) is 8.33. The molecule has 0 bridgehead atoms. The van der Waals surface area contributed by atoms with Crippen molar-refractivity contribution < 1.29 is 34.3 Å². The second-order valence-electron chi connectivity index (χ2n) is 6.12. The van der Waals surface area contributed by atoms with Crippen molar-refractivity contribution in [2.45, 2.75) is 30.8 Å². The molecule has 0 aromatic carbocycles. The SMILES string of the molecule is O=C(O)C(OC[C@H]1O[C@@H](n2ccc(=O)[nH]c2=O)[C@H](O)[C@@H]1O)Oc1c[nH]c(=O)[nH]c1=O. The van der Waals surface area contributed by atoms with E-state index >= 15 is 0 Å². The average Bonchev–Trinajstić information content (AvgIpc) is 2.95. The zero-order valence-electron chi connectivity index (χ0n) is 14.9. The van der Waals surface area contributed by atoms with E-state index in [4.69, 9.17) is 14.2 Å². The number of hydrogen-bond acceptors (Lipinski definition) is 10. The van der Waals surface area contributed by atoms with Gasteiger partial charge in [0.05, 0.1) is 12.8 Å². The van der Waals surface area contributed by atoms with Crippen molar-refractivity contribution in [1.29, 1.82) is 0 Å². The second kappa shape index (κ2) is 8.46. The molecular formula is C15H16N4O11. The fraction of sp³-hybridized carbons (Fsp3) is 0.400. The predicted molar refractivity (Wildman–Crippen MR) is 92.9 cm³/mol. The molecule has 162 valence electrons. The Morgan fingerprint density at radius 3 is 2.57 bits per heavy atom. The van der Waals surface area contributed by atoms with Crippen molar-refractivity contribution in [2.75, 3.05) is 6.61 Å². The number of H-pyrrole nitrogens is 3. The summed E-state index contributed by atoms with van der Waals surface area (Å²) in [6.45, 7) is -0.620. The number of rotatable bonds is 7.